The van der Waals surface area contributed by atoms with E-state index in [2.05, 4.69) is 39.1 Å². The van der Waals surface area contributed by atoms with E-state index in [-0.39, 0.29) is 17.5 Å². The molecule has 2 unspecified atom stereocenters. The summed E-state index contributed by atoms with van der Waals surface area (Å²) in [6.45, 7) is 6.04. The van der Waals surface area contributed by atoms with Crippen LogP contribution in [0.3, 0.4) is 0 Å². The number of piperidine rings is 1. The number of nitrogens with one attached hydrogen (secondary N) is 2. The molecule has 0 saturated carbocycles. The highest BCUT2D eigenvalue weighted by molar-refractivity contribution is 5.87. The summed E-state index contributed by atoms with van der Waals surface area (Å²) in [4.78, 5) is 36.5. The molecule has 2 atom stereocenters. The standard InChI is InChI=1S/C24H31N7O2/c1-3-28(4-2)23(25)31-22-20(21(32)27-24(31)33)26-15-30(22)19-12-17-10-11-18(13-19)29(17)14-16-8-6-5-7-9-16/h5-9,15,17-19,25H,3-4,10-14H2,1-2H3,(H,27,32,33). The average molecular weight is 450 g/mol. The average Bonchev–Trinajstić information content (AvgIpc) is 3.33. The van der Waals surface area contributed by atoms with Gasteiger partial charge in [-0.25, -0.2) is 14.3 Å². The molecule has 2 aromatic heterocycles. The van der Waals surface area contributed by atoms with E-state index >= 15 is 0 Å². The molecule has 2 aliphatic rings. The van der Waals surface area contributed by atoms with Gasteiger partial charge in [0.05, 0.1) is 6.33 Å². The molecule has 9 nitrogen and oxygen atoms in total. The molecular formula is C24H31N7O2. The minimum atomic E-state index is -0.587. The van der Waals surface area contributed by atoms with Crippen LogP contribution in [0.4, 0.5) is 0 Å². The maximum Gasteiger partial charge on any atom is 0.337 e. The minimum absolute atomic E-state index is 0.0671. The van der Waals surface area contributed by atoms with Crippen molar-refractivity contribution in [1.82, 2.24) is 28.9 Å². The van der Waals surface area contributed by atoms with E-state index in [4.69, 9.17) is 5.41 Å². The monoisotopic (exact) mass is 449 g/mol. The summed E-state index contributed by atoms with van der Waals surface area (Å²) in [6, 6.07) is 11.6. The van der Waals surface area contributed by atoms with Gasteiger partial charge in [0.15, 0.2) is 11.2 Å². The second-order valence-electron chi connectivity index (χ2n) is 9.08. The lowest BCUT2D eigenvalue weighted by Crippen LogP contribution is -2.45. The number of hydrogen-bond acceptors (Lipinski definition) is 5. The van der Waals surface area contributed by atoms with Gasteiger partial charge in [-0.3, -0.25) is 20.1 Å². The van der Waals surface area contributed by atoms with E-state index in [0.717, 1.165) is 32.2 Å². The first-order chi connectivity index (χ1) is 16.0. The lowest BCUT2D eigenvalue weighted by Gasteiger charge is -2.39. The van der Waals surface area contributed by atoms with Crippen LogP contribution in [0.1, 0.15) is 51.1 Å². The Kier molecular flexibility index (Phi) is 5.65. The largest absolute Gasteiger partial charge is 0.343 e. The second-order valence-corrected chi connectivity index (χ2v) is 9.08. The molecule has 9 heteroatoms. The fourth-order valence-corrected chi connectivity index (χ4v) is 5.70. The van der Waals surface area contributed by atoms with Crippen LogP contribution in [0.5, 0.6) is 0 Å². The fraction of sp³-hybridized carbons (Fsp3) is 0.500. The Morgan fingerprint density at radius 3 is 2.39 bits per heavy atom. The van der Waals surface area contributed by atoms with Crippen LogP contribution >= 0.6 is 0 Å². The Hall–Kier alpha value is -3.20. The van der Waals surface area contributed by atoms with Crippen LogP contribution in [-0.2, 0) is 6.54 Å². The van der Waals surface area contributed by atoms with Crippen molar-refractivity contribution < 1.29 is 0 Å². The van der Waals surface area contributed by atoms with Crippen molar-refractivity contribution in [2.75, 3.05) is 13.1 Å². The van der Waals surface area contributed by atoms with Gasteiger partial charge in [0, 0.05) is 37.8 Å². The fourth-order valence-electron chi connectivity index (χ4n) is 5.70. The second kappa shape index (κ2) is 8.62. The Morgan fingerprint density at radius 1 is 1.09 bits per heavy atom. The minimum Gasteiger partial charge on any atom is -0.343 e. The normalized spacial score (nSPS) is 22.7. The molecule has 5 rings (SSSR count). The van der Waals surface area contributed by atoms with E-state index in [1.807, 2.05) is 24.5 Å². The smallest absolute Gasteiger partial charge is 0.337 e. The van der Waals surface area contributed by atoms with E-state index in [1.54, 1.807) is 11.2 Å². The quantitative estimate of drug-likeness (QED) is 0.460. The van der Waals surface area contributed by atoms with Crippen molar-refractivity contribution in [3.05, 3.63) is 63.1 Å². The van der Waals surface area contributed by atoms with Crippen LogP contribution in [-0.4, -0.2) is 60.0 Å². The lowest BCUT2D eigenvalue weighted by molar-refractivity contribution is 0.100. The van der Waals surface area contributed by atoms with Gasteiger partial charge in [0.2, 0.25) is 5.96 Å². The van der Waals surface area contributed by atoms with E-state index in [1.165, 1.54) is 10.1 Å². The number of imidazole rings is 1. The SMILES string of the molecule is CCN(CC)C(=N)n1c(=O)[nH]c(=O)c2ncn(C3CC4CCC(C3)N4Cc3ccccc3)c21. The zero-order valence-electron chi connectivity index (χ0n) is 19.2. The van der Waals surface area contributed by atoms with E-state index in [9.17, 15) is 9.59 Å². The predicted octanol–water partition coefficient (Wildman–Crippen LogP) is 2.38. The molecule has 1 aromatic carbocycles. The van der Waals surface area contributed by atoms with Crippen LogP contribution < -0.4 is 11.2 Å². The number of aromatic amines is 1. The molecule has 4 heterocycles. The van der Waals surface area contributed by atoms with Crippen LogP contribution in [0.15, 0.2) is 46.2 Å². The third kappa shape index (κ3) is 3.70. The molecule has 2 aliphatic heterocycles. The molecule has 174 valence electrons. The number of aromatic nitrogens is 4. The highest BCUT2D eigenvalue weighted by Gasteiger charge is 2.41. The number of H-pyrrole nitrogens is 1. The lowest BCUT2D eigenvalue weighted by atomic mass is 9.96. The third-order valence-corrected chi connectivity index (χ3v) is 7.35. The Labute approximate surface area is 192 Å². The van der Waals surface area contributed by atoms with Crippen molar-refractivity contribution >= 4 is 17.1 Å². The molecular weight excluding hydrogens is 418 g/mol. The Bertz CT molecular complexity index is 1260. The molecule has 2 fully saturated rings. The first-order valence-electron chi connectivity index (χ1n) is 11.9. The van der Waals surface area contributed by atoms with Gasteiger partial charge in [-0.15, -0.1) is 0 Å². The Balaban J connectivity index is 1.51. The molecule has 0 amide bonds. The van der Waals surface area contributed by atoms with Crippen molar-refractivity contribution in [3.8, 4) is 0 Å². The van der Waals surface area contributed by atoms with Gasteiger partial charge in [0.1, 0.15) is 0 Å². The van der Waals surface area contributed by atoms with Crippen LogP contribution in [0.25, 0.3) is 11.2 Å². The summed E-state index contributed by atoms with van der Waals surface area (Å²) in [5.74, 6) is 0.0671. The molecule has 3 aromatic rings. The highest BCUT2D eigenvalue weighted by atomic mass is 16.2. The molecule has 0 aliphatic carbocycles. The number of fused-ring (bicyclic) bond motifs is 3. The maximum absolute atomic E-state index is 12.9. The van der Waals surface area contributed by atoms with Gasteiger partial charge >= 0.3 is 5.69 Å². The van der Waals surface area contributed by atoms with Crippen molar-refractivity contribution in [3.63, 3.8) is 0 Å². The summed E-state index contributed by atoms with van der Waals surface area (Å²) in [5.41, 5.74) is 0.888. The van der Waals surface area contributed by atoms with Crippen molar-refractivity contribution in [2.45, 2.75) is 64.2 Å². The highest BCUT2D eigenvalue weighted by Crippen LogP contribution is 2.42. The zero-order chi connectivity index (χ0) is 23.1. The summed E-state index contributed by atoms with van der Waals surface area (Å²) in [5, 5.41) is 8.70. The number of rotatable bonds is 5. The molecule has 2 saturated heterocycles. The Morgan fingerprint density at radius 2 is 1.76 bits per heavy atom. The first-order valence-corrected chi connectivity index (χ1v) is 11.9. The molecule has 2 bridgehead atoms. The van der Waals surface area contributed by atoms with Gasteiger partial charge in [0.25, 0.3) is 5.56 Å². The van der Waals surface area contributed by atoms with Crippen molar-refractivity contribution in [2.24, 2.45) is 0 Å². The van der Waals surface area contributed by atoms with Gasteiger partial charge in [-0.05, 0) is 45.1 Å². The zero-order valence-corrected chi connectivity index (χ0v) is 19.2. The number of benzene rings is 1. The topological polar surface area (TPSA) is 103 Å². The van der Waals surface area contributed by atoms with Crippen LogP contribution in [0, 0.1) is 5.41 Å². The molecule has 0 spiro atoms. The van der Waals surface area contributed by atoms with E-state index in [0.29, 0.717) is 30.8 Å². The molecule has 2 N–H and O–H groups in total. The van der Waals surface area contributed by atoms with E-state index < -0.39 is 11.2 Å². The number of nitrogens with zero attached hydrogens (tertiary/aromatic N) is 5. The van der Waals surface area contributed by atoms with Crippen molar-refractivity contribution in [1.29, 1.82) is 5.41 Å². The molecule has 0 radical (unpaired) electrons. The number of hydrogen-bond donors (Lipinski definition) is 2. The summed E-state index contributed by atoms with van der Waals surface area (Å²) in [7, 11) is 0. The van der Waals surface area contributed by atoms with Gasteiger partial charge < -0.3 is 9.47 Å². The van der Waals surface area contributed by atoms with Crippen LogP contribution in [0.2, 0.25) is 0 Å². The first kappa shape index (κ1) is 21.6. The summed E-state index contributed by atoms with van der Waals surface area (Å²) in [6.07, 6.45) is 5.87. The van der Waals surface area contributed by atoms with Gasteiger partial charge in [-0.1, -0.05) is 30.3 Å². The summed E-state index contributed by atoms with van der Waals surface area (Å²) >= 11 is 0. The third-order valence-electron chi connectivity index (χ3n) is 7.35. The molecule has 33 heavy (non-hydrogen) atoms. The predicted molar refractivity (Wildman–Crippen MR) is 128 cm³/mol. The maximum atomic E-state index is 12.9. The summed E-state index contributed by atoms with van der Waals surface area (Å²) < 4.78 is 3.30. The van der Waals surface area contributed by atoms with Gasteiger partial charge in [-0.2, -0.15) is 0 Å².